The molecule has 226 valence electrons. The number of benzene rings is 1. The average molecular weight is 579 g/mol. The number of nitrogens with one attached hydrogen (secondary N) is 1. The zero-order chi connectivity index (χ0) is 29.2. The van der Waals surface area contributed by atoms with Gasteiger partial charge in [-0.2, -0.15) is 0 Å². The van der Waals surface area contributed by atoms with E-state index in [9.17, 15) is 24.6 Å². The highest BCUT2D eigenvalue weighted by Gasteiger charge is 2.56. The molecule has 0 unspecified atom stereocenters. The molecule has 0 radical (unpaired) electrons. The van der Waals surface area contributed by atoms with E-state index in [2.05, 4.69) is 5.32 Å². The van der Waals surface area contributed by atoms with Crippen LogP contribution >= 0.6 is 0 Å². The fourth-order valence-corrected chi connectivity index (χ4v) is 9.62. The number of hydrogen-bond donors (Lipinski definition) is 3. The van der Waals surface area contributed by atoms with Crippen molar-refractivity contribution in [1.82, 2.24) is 10.2 Å². The molecule has 6 aliphatic carbocycles. The number of aliphatic hydroxyl groups is 2. The largest absolute Gasteiger partial charge is 0.493 e. The lowest BCUT2D eigenvalue weighted by atomic mass is 9.49. The normalized spacial score (nSPS) is 35.8. The molecule has 1 aliphatic heterocycles. The number of amides is 2. The van der Waals surface area contributed by atoms with E-state index in [-0.39, 0.29) is 36.3 Å². The fraction of sp³-hybridized carbons (Fsp3) is 0.667. The van der Waals surface area contributed by atoms with Crippen LogP contribution in [0.4, 0.5) is 0 Å². The van der Waals surface area contributed by atoms with E-state index in [0.717, 1.165) is 62.6 Å². The molecule has 9 nitrogen and oxygen atoms in total. The van der Waals surface area contributed by atoms with Gasteiger partial charge in [0.05, 0.1) is 25.7 Å². The molecular formula is C33H42N2O7. The summed E-state index contributed by atoms with van der Waals surface area (Å²) in [6, 6.07) is 2.54. The molecule has 7 aliphatic rings. The van der Waals surface area contributed by atoms with Crippen molar-refractivity contribution in [3.05, 3.63) is 34.9 Å². The van der Waals surface area contributed by atoms with Crippen molar-refractivity contribution in [3.8, 4) is 11.5 Å². The monoisotopic (exact) mass is 578 g/mol. The summed E-state index contributed by atoms with van der Waals surface area (Å²) in [5.74, 6) is 1.91. The van der Waals surface area contributed by atoms with Gasteiger partial charge in [-0.15, -0.1) is 0 Å². The Kier molecular flexibility index (Phi) is 7.08. The van der Waals surface area contributed by atoms with Gasteiger partial charge in [0.2, 0.25) is 11.8 Å². The van der Waals surface area contributed by atoms with Crippen LogP contribution in [0.3, 0.4) is 0 Å². The summed E-state index contributed by atoms with van der Waals surface area (Å²) in [6.07, 6.45) is 10.6. The van der Waals surface area contributed by atoms with E-state index in [0.29, 0.717) is 34.7 Å². The first kappa shape index (κ1) is 27.9. The van der Waals surface area contributed by atoms with E-state index in [1.165, 1.54) is 26.4 Å². The van der Waals surface area contributed by atoms with Gasteiger partial charge < -0.3 is 29.9 Å². The lowest BCUT2D eigenvalue weighted by Gasteiger charge is -2.58. The first-order valence-electron chi connectivity index (χ1n) is 15.8. The average Bonchev–Trinajstić information content (AvgIpc) is 3.33. The van der Waals surface area contributed by atoms with E-state index >= 15 is 0 Å². The van der Waals surface area contributed by atoms with Crippen LogP contribution in [0.1, 0.15) is 79.6 Å². The summed E-state index contributed by atoms with van der Waals surface area (Å²) >= 11 is 0. The molecule has 1 aromatic carbocycles. The van der Waals surface area contributed by atoms with Crippen LogP contribution in [0.25, 0.3) is 0 Å². The van der Waals surface area contributed by atoms with Crippen LogP contribution in [-0.4, -0.2) is 78.3 Å². The van der Waals surface area contributed by atoms with Crippen LogP contribution in [0.15, 0.2) is 23.8 Å². The highest BCUT2D eigenvalue weighted by atomic mass is 16.5. The highest BCUT2D eigenvalue weighted by Crippen LogP contribution is 2.61. The Hall–Kier alpha value is -2.91. The quantitative estimate of drug-likeness (QED) is 0.385. The van der Waals surface area contributed by atoms with Crippen molar-refractivity contribution in [1.29, 1.82) is 0 Å². The summed E-state index contributed by atoms with van der Waals surface area (Å²) in [6.45, 7) is 0.455. The number of nitrogens with zero attached hydrogens (tertiary/aromatic N) is 1. The van der Waals surface area contributed by atoms with Gasteiger partial charge in [-0.05, 0) is 92.7 Å². The van der Waals surface area contributed by atoms with Crippen LogP contribution in [0.2, 0.25) is 0 Å². The molecular weight excluding hydrogens is 536 g/mol. The Morgan fingerprint density at radius 2 is 1.83 bits per heavy atom. The van der Waals surface area contributed by atoms with Gasteiger partial charge in [0.25, 0.3) is 0 Å². The van der Waals surface area contributed by atoms with Crippen molar-refractivity contribution in [2.75, 3.05) is 26.8 Å². The Labute approximate surface area is 246 Å². The predicted octanol–water partition coefficient (Wildman–Crippen LogP) is 2.98. The predicted molar refractivity (Wildman–Crippen MR) is 153 cm³/mol. The van der Waals surface area contributed by atoms with Crippen molar-refractivity contribution < 1.29 is 34.1 Å². The summed E-state index contributed by atoms with van der Waals surface area (Å²) in [4.78, 5) is 41.5. The Balaban J connectivity index is 1.29. The molecule has 5 saturated carbocycles. The molecule has 5 fully saturated rings. The Bertz CT molecular complexity index is 1270. The minimum absolute atomic E-state index is 0.0548. The molecule has 2 amide bonds. The number of ether oxygens (including phenoxy) is 2. The number of fused-ring (bicyclic) bond motifs is 3. The van der Waals surface area contributed by atoms with Gasteiger partial charge in [0, 0.05) is 35.7 Å². The zero-order valence-electron chi connectivity index (χ0n) is 24.3. The smallest absolute Gasteiger partial charge is 0.247 e. The third kappa shape index (κ3) is 4.55. The minimum atomic E-state index is -1.08. The number of carbonyl (C=O) groups excluding carboxylic acids is 3. The van der Waals surface area contributed by atoms with Gasteiger partial charge in [-0.3, -0.25) is 14.4 Å². The van der Waals surface area contributed by atoms with Crippen molar-refractivity contribution in [2.24, 2.45) is 29.1 Å². The Morgan fingerprint density at radius 3 is 2.40 bits per heavy atom. The third-order valence-corrected chi connectivity index (χ3v) is 11.2. The van der Waals surface area contributed by atoms with Crippen molar-refractivity contribution in [3.63, 3.8) is 0 Å². The lowest BCUT2D eigenvalue weighted by Crippen LogP contribution is -2.61. The highest BCUT2D eigenvalue weighted by molar-refractivity contribution is 5.96. The number of methoxy groups -OCH3 is 1. The fourth-order valence-electron chi connectivity index (χ4n) is 9.62. The van der Waals surface area contributed by atoms with Crippen molar-refractivity contribution >= 4 is 18.1 Å². The number of aliphatic hydroxyl groups excluding tert-OH is 2. The topological polar surface area (TPSA) is 125 Å². The second kappa shape index (κ2) is 10.7. The van der Waals surface area contributed by atoms with Gasteiger partial charge in [0.15, 0.2) is 11.5 Å². The first-order chi connectivity index (χ1) is 20.3. The molecule has 4 atom stereocenters. The van der Waals surface area contributed by atoms with Crippen molar-refractivity contribution in [2.45, 2.75) is 82.0 Å². The molecule has 1 aromatic rings. The molecule has 3 N–H and O–H groups in total. The molecule has 9 heteroatoms. The maximum absolute atomic E-state index is 14.2. The second-order valence-electron chi connectivity index (χ2n) is 13.9. The molecule has 0 aromatic heterocycles. The maximum atomic E-state index is 14.2. The number of carbonyl (C=O) groups is 3. The molecule has 4 bridgehead atoms. The molecule has 42 heavy (non-hydrogen) atoms. The second-order valence-corrected chi connectivity index (χ2v) is 13.9. The standard InChI is InChI=1S/C33H42N2O7/c1-41-26-11-21(16-37)10-23-27-24(31(39)34-5-6-36)12-25(28(38)30(27)42-29(23)26)35(32(40)22-3-2-4-22)17-33-13-18-7-19(14-33)9-20(8-18)15-33/h10-12,16,18-20,22,25,27-28,30,36,38H,2-9,13-15,17H2,1H3,(H,34,39)/t18?,19?,20?,25-,27+,28+,30+,33?/m1/s1. The van der Waals surface area contributed by atoms with Crippen LogP contribution in [0, 0.1) is 29.1 Å². The Morgan fingerprint density at radius 1 is 1.14 bits per heavy atom. The summed E-state index contributed by atoms with van der Waals surface area (Å²) < 4.78 is 11.9. The van der Waals surface area contributed by atoms with Crippen LogP contribution in [-0.2, 0) is 9.59 Å². The number of aldehydes is 1. The molecule has 1 heterocycles. The van der Waals surface area contributed by atoms with Gasteiger partial charge in [0.1, 0.15) is 18.5 Å². The van der Waals surface area contributed by atoms with Gasteiger partial charge >= 0.3 is 0 Å². The lowest BCUT2D eigenvalue weighted by molar-refractivity contribution is -0.151. The molecule has 0 saturated heterocycles. The van der Waals surface area contributed by atoms with E-state index in [4.69, 9.17) is 9.47 Å². The summed E-state index contributed by atoms with van der Waals surface area (Å²) in [5.41, 5.74) is 1.41. The summed E-state index contributed by atoms with van der Waals surface area (Å²) in [7, 11) is 1.49. The van der Waals surface area contributed by atoms with Crippen LogP contribution < -0.4 is 14.8 Å². The van der Waals surface area contributed by atoms with Gasteiger partial charge in [-0.25, -0.2) is 0 Å². The molecule has 0 spiro atoms. The SMILES string of the molecule is COc1cc(C=O)cc2c1O[C@@H]1[C@@H](O)[C@H](N(CC34CC5CC(CC(C5)C3)C4)C(=O)C3CCC3)C=C(C(=O)NCCO)[C@H]21. The third-order valence-electron chi connectivity index (χ3n) is 11.2. The van der Waals surface area contributed by atoms with E-state index in [1.807, 2.05) is 4.90 Å². The number of hydrogen-bond acceptors (Lipinski definition) is 7. The van der Waals surface area contributed by atoms with E-state index in [1.54, 1.807) is 18.2 Å². The molecule has 8 rings (SSSR count). The zero-order valence-corrected chi connectivity index (χ0v) is 24.3. The number of rotatable bonds is 9. The summed E-state index contributed by atoms with van der Waals surface area (Å²) in [5, 5.41) is 24.2. The van der Waals surface area contributed by atoms with E-state index < -0.39 is 24.2 Å². The first-order valence-corrected chi connectivity index (χ1v) is 15.8. The van der Waals surface area contributed by atoms with Gasteiger partial charge in [-0.1, -0.05) is 6.42 Å². The minimum Gasteiger partial charge on any atom is -0.493 e. The van der Waals surface area contributed by atoms with Crippen LogP contribution in [0.5, 0.6) is 11.5 Å². The maximum Gasteiger partial charge on any atom is 0.247 e.